The summed E-state index contributed by atoms with van der Waals surface area (Å²) < 4.78 is 26.4. The number of hydrogen-bond donors (Lipinski definition) is 2. The van der Waals surface area contributed by atoms with Gasteiger partial charge in [0.05, 0.1) is 22.7 Å². The number of anilines is 2. The Kier molecular flexibility index (Phi) is 6.13. The molecule has 0 saturated heterocycles. The number of carboxylic acids is 1. The van der Waals surface area contributed by atoms with E-state index >= 15 is 0 Å². The molecule has 1 amide bonds. The number of aliphatic carboxylic acids is 1. The van der Waals surface area contributed by atoms with E-state index in [4.69, 9.17) is 5.11 Å². The van der Waals surface area contributed by atoms with Crippen molar-refractivity contribution in [2.24, 2.45) is 0 Å². The zero-order valence-electron chi connectivity index (χ0n) is 13.8. The molecule has 0 aromatic heterocycles. The molecule has 0 spiro atoms. The number of nitrogens with one attached hydrogen (secondary N) is 1. The maximum atomic E-state index is 12.6. The highest BCUT2D eigenvalue weighted by Gasteiger charge is 2.31. The van der Waals surface area contributed by atoms with Gasteiger partial charge in [0.25, 0.3) is 10.0 Å². The van der Waals surface area contributed by atoms with Crippen LogP contribution in [0.25, 0.3) is 0 Å². The molecule has 0 unspecified atom stereocenters. The summed E-state index contributed by atoms with van der Waals surface area (Å²) in [6.45, 7) is 3.01. The summed E-state index contributed by atoms with van der Waals surface area (Å²) >= 11 is 0. The predicted octanol–water partition coefficient (Wildman–Crippen LogP) is 2.48. The quantitative estimate of drug-likeness (QED) is 0.800. The third-order valence-corrected chi connectivity index (χ3v) is 5.16. The fraction of sp³-hybridized carbons (Fsp3) is 0.111. The average molecular weight is 374 g/mol. The van der Waals surface area contributed by atoms with Crippen molar-refractivity contribution in [2.75, 3.05) is 16.2 Å². The largest absolute Gasteiger partial charge is 0.481 e. The maximum Gasteiger partial charge on any atom is 0.307 e. The molecule has 0 bridgehead atoms. The Morgan fingerprint density at radius 2 is 1.77 bits per heavy atom. The monoisotopic (exact) mass is 374 g/mol. The van der Waals surface area contributed by atoms with Crippen LogP contribution >= 0.6 is 0 Å². The molecular formula is C18H18N2O5S. The van der Waals surface area contributed by atoms with Crippen LogP contribution in [0, 0.1) is 0 Å². The fourth-order valence-corrected chi connectivity index (χ4v) is 3.72. The highest BCUT2D eigenvalue weighted by Crippen LogP contribution is 2.33. The highest BCUT2D eigenvalue weighted by molar-refractivity contribution is 7.92. The number of amides is 1. The zero-order valence-corrected chi connectivity index (χ0v) is 14.6. The predicted molar refractivity (Wildman–Crippen MR) is 98.5 cm³/mol. The lowest BCUT2D eigenvalue weighted by atomic mass is 10.2. The summed E-state index contributed by atoms with van der Waals surface area (Å²) in [6, 6.07) is 14.9. The first kappa shape index (κ1) is 19.2. The van der Waals surface area contributed by atoms with Crippen LogP contribution in [0.3, 0.4) is 0 Å². The molecule has 2 aromatic rings. The van der Waals surface area contributed by atoms with Crippen molar-refractivity contribution in [2.45, 2.75) is 11.3 Å². The van der Waals surface area contributed by atoms with Crippen LogP contribution in [-0.2, 0) is 19.6 Å². The van der Waals surface area contributed by atoms with Crippen molar-refractivity contribution in [1.29, 1.82) is 0 Å². The standard InChI is InChI=1S/C14H12N2O3S.C4H6O2/c17-14-10-16(13-9-5-4-8-12(13)15-14)20(18,19)11-6-2-1-3-7-11;1-2-3-4(5)6/h1-9H,10H2,(H,15,17);2H,1,3H2,(H,5,6). The van der Waals surface area contributed by atoms with Gasteiger partial charge in [-0.15, -0.1) is 6.58 Å². The lowest BCUT2D eigenvalue weighted by Gasteiger charge is -2.30. The number of para-hydroxylation sites is 2. The molecule has 2 N–H and O–H groups in total. The minimum atomic E-state index is -3.74. The summed E-state index contributed by atoms with van der Waals surface area (Å²) in [5, 5.41) is 10.5. The topological polar surface area (TPSA) is 104 Å². The van der Waals surface area contributed by atoms with Crippen molar-refractivity contribution < 1.29 is 23.1 Å². The number of nitrogens with zero attached hydrogens (tertiary/aromatic N) is 1. The first-order valence-electron chi connectivity index (χ1n) is 7.65. The Labute approximate surface area is 151 Å². The number of sulfonamides is 1. The van der Waals surface area contributed by atoms with E-state index in [9.17, 15) is 18.0 Å². The number of rotatable bonds is 4. The molecule has 1 aliphatic rings. The molecule has 136 valence electrons. The van der Waals surface area contributed by atoms with Crippen molar-refractivity contribution in [1.82, 2.24) is 0 Å². The van der Waals surface area contributed by atoms with Crippen LogP contribution in [0.2, 0.25) is 0 Å². The number of carbonyl (C=O) groups excluding carboxylic acids is 1. The lowest BCUT2D eigenvalue weighted by molar-refractivity contribution is -0.136. The van der Waals surface area contributed by atoms with Crippen LogP contribution in [0.5, 0.6) is 0 Å². The third-order valence-electron chi connectivity index (χ3n) is 3.38. The number of carbonyl (C=O) groups is 2. The van der Waals surface area contributed by atoms with Crippen LogP contribution in [0.4, 0.5) is 11.4 Å². The lowest BCUT2D eigenvalue weighted by Crippen LogP contribution is -2.42. The summed E-state index contributed by atoms with van der Waals surface area (Å²) in [5.41, 5.74) is 0.985. The number of hydrogen-bond acceptors (Lipinski definition) is 4. The zero-order chi connectivity index (χ0) is 19.2. The summed E-state index contributed by atoms with van der Waals surface area (Å²) in [6.07, 6.45) is 1.41. The second-order valence-electron chi connectivity index (χ2n) is 5.28. The van der Waals surface area contributed by atoms with Gasteiger partial charge in [0, 0.05) is 0 Å². The van der Waals surface area contributed by atoms with Gasteiger partial charge in [0.15, 0.2) is 0 Å². The Morgan fingerprint density at radius 3 is 2.35 bits per heavy atom. The van der Waals surface area contributed by atoms with Gasteiger partial charge >= 0.3 is 5.97 Å². The van der Waals surface area contributed by atoms with E-state index in [-0.39, 0.29) is 23.8 Å². The fourth-order valence-electron chi connectivity index (χ4n) is 2.26. The number of benzene rings is 2. The van der Waals surface area contributed by atoms with Crippen molar-refractivity contribution >= 4 is 33.3 Å². The van der Waals surface area contributed by atoms with Crippen molar-refractivity contribution in [3.05, 3.63) is 67.3 Å². The Balaban J connectivity index is 0.000000352. The molecule has 0 fully saturated rings. The summed E-state index contributed by atoms with van der Waals surface area (Å²) in [7, 11) is -3.74. The van der Waals surface area contributed by atoms with Crippen LogP contribution in [0.15, 0.2) is 72.1 Å². The van der Waals surface area contributed by atoms with E-state index in [1.165, 1.54) is 18.2 Å². The normalized spacial score (nSPS) is 12.9. The molecule has 1 heterocycles. The highest BCUT2D eigenvalue weighted by atomic mass is 32.2. The van der Waals surface area contributed by atoms with Gasteiger partial charge in [-0.1, -0.05) is 36.4 Å². The molecular weight excluding hydrogens is 356 g/mol. The molecule has 0 aliphatic carbocycles. The molecule has 0 atom stereocenters. The first-order chi connectivity index (χ1) is 12.4. The second-order valence-corrected chi connectivity index (χ2v) is 7.14. The van der Waals surface area contributed by atoms with Gasteiger partial charge in [-0.2, -0.15) is 0 Å². The molecule has 8 heteroatoms. The van der Waals surface area contributed by atoms with Crippen molar-refractivity contribution in [3.8, 4) is 0 Å². The molecule has 26 heavy (non-hydrogen) atoms. The van der Waals surface area contributed by atoms with Gasteiger partial charge in [-0.25, -0.2) is 8.42 Å². The third kappa shape index (κ3) is 4.48. The smallest absolute Gasteiger partial charge is 0.307 e. The molecule has 7 nitrogen and oxygen atoms in total. The minimum absolute atomic E-state index is 0.0556. The molecule has 1 aliphatic heterocycles. The van der Waals surface area contributed by atoms with Crippen molar-refractivity contribution in [3.63, 3.8) is 0 Å². The van der Waals surface area contributed by atoms with Crippen LogP contribution < -0.4 is 9.62 Å². The number of carboxylic acid groups (broad SMARTS) is 1. The Bertz CT molecular complexity index is 910. The van der Waals surface area contributed by atoms with Crippen LogP contribution in [-0.4, -0.2) is 31.9 Å². The Hall–Kier alpha value is -3.13. The van der Waals surface area contributed by atoms with Gasteiger partial charge in [-0.05, 0) is 24.3 Å². The van der Waals surface area contributed by atoms with E-state index in [0.717, 1.165) is 4.31 Å². The van der Waals surface area contributed by atoms with E-state index in [1.807, 2.05) is 0 Å². The molecule has 0 radical (unpaired) electrons. The minimum Gasteiger partial charge on any atom is -0.481 e. The van der Waals surface area contributed by atoms with E-state index < -0.39 is 16.0 Å². The molecule has 0 saturated carbocycles. The SMILES string of the molecule is C=CCC(=O)O.O=C1CN(S(=O)(=O)c2ccccc2)c2ccccc2N1. The van der Waals surface area contributed by atoms with Gasteiger partial charge < -0.3 is 10.4 Å². The van der Waals surface area contributed by atoms with E-state index in [0.29, 0.717) is 11.4 Å². The van der Waals surface area contributed by atoms with Gasteiger partial charge in [0.2, 0.25) is 5.91 Å². The molecule has 2 aromatic carbocycles. The Morgan fingerprint density at radius 1 is 1.15 bits per heavy atom. The van der Waals surface area contributed by atoms with E-state index in [2.05, 4.69) is 11.9 Å². The maximum absolute atomic E-state index is 12.6. The summed E-state index contributed by atoms with van der Waals surface area (Å²) in [5.74, 6) is -1.17. The van der Waals surface area contributed by atoms with E-state index in [1.54, 1.807) is 42.5 Å². The number of fused-ring (bicyclic) bond motifs is 1. The average Bonchev–Trinajstić information content (AvgIpc) is 2.62. The summed E-state index contributed by atoms with van der Waals surface area (Å²) in [4.78, 5) is 21.4. The van der Waals surface area contributed by atoms with Gasteiger partial charge in [-0.3, -0.25) is 13.9 Å². The second kappa shape index (κ2) is 8.30. The van der Waals surface area contributed by atoms with Crippen LogP contribution in [0.1, 0.15) is 6.42 Å². The first-order valence-corrected chi connectivity index (χ1v) is 9.09. The molecule has 3 rings (SSSR count). The van der Waals surface area contributed by atoms with Gasteiger partial charge in [0.1, 0.15) is 6.54 Å².